The molecule has 1 atom stereocenters. The summed E-state index contributed by atoms with van der Waals surface area (Å²) in [7, 11) is 0. The minimum Gasteiger partial charge on any atom is -0.465 e. The fourth-order valence-corrected chi connectivity index (χ4v) is 5.44. The Morgan fingerprint density at radius 2 is 1.86 bits per heavy atom. The number of halogens is 1. The number of hydrogen-bond acceptors (Lipinski definition) is 5. The summed E-state index contributed by atoms with van der Waals surface area (Å²) in [4.78, 5) is 27.2. The van der Waals surface area contributed by atoms with Gasteiger partial charge in [-0.2, -0.15) is 5.26 Å². The third-order valence-corrected chi connectivity index (χ3v) is 7.17. The molecule has 0 aromatic heterocycles. The van der Waals surface area contributed by atoms with E-state index in [1.54, 1.807) is 18.7 Å². The highest BCUT2D eigenvalue weighted by molar-refractivity contribution is 7.99. The van der Waals surface area contributed by atoms with Gasteiger partial charge in [-0.15, -0.1) is 11.8 Å². The quantitative estimate of drug-likeness (QED) is 0.386. The maximum atomic E-state index is 14.5. The first kappa shape index (κ1) is 26.0. The van der Waals surface area contributed by atoms with E-state index in [2.05, 4.69) is 5.32 Å². The molecule has 7 nitrogen and oxygen atoms in total. The van der Waals surface area contributed by atoms with Gasteiger partial charge in [-0.05, 0) is 62.2 Å². The van der Waals surface area contributed by atoms with E-state index in [0.717, 1.165) is 5.56 Å². The number of hydrogen-bond donors (Lipinski definition) is 2. The number of carbonyl (C=O) groups excluding carboxylic acids is 1. The fourth-order valence-electron chi connectivity index (χ4n) is 4.29. The number of nitrogens with one attached hydrogen (secondary N) is 1. The Balaban J connectivity index is 1.63. The van der Waals surface area contributed by atoms with Gasteiger partial charge in [0.05, 0.1) is 23.7 Å². The predicted octanol–water partition coefficient (Wildman–Crippen LogP) is 6.18. The first-order chi connectivity index (χ1) is 17.6. The van der Waals surface area contributed by atoms with Crippen molar-refractivity contribution in [2.24, 2.45) is 5.92 Å². The van der Waals surface area contributed by atoms with Crippen LogP contribution in [0, 0.1) is 23.1 Å². The summed E-state index contributed by atoms with van der Waals surface area (Å²) in [5.74, 6) is 0.300. The van der Waals surface area contributed by atoms with Gasteiger partial charge in [-0.3, -0.25) is 4.79 Å². The van der Waals surface area contributed by atoms with Crippen molar-refractivity contribution in [3.63, 3.8) is 0 Å². The average Bonchev–Trinajstić information content (AvgIpc) is 2.96. The minimum absolute atomic E-state index is 0.143. The second kappa shape index (κ2) is 10.9. The second-order valence-corrected chi connectivity index (χ2v) is 10.5. The summed E-state index contributed by atoms with van der Waals surface area (Å²) >= 11 is 1.33. The number of carboxylic acid groups (broad SMARTS) is 1. The number of rotatable bonds is 7. The van der Waals surface area contributed by atoms with Crippen molar-refractivity contribution in [3.8, 4) is 17.6 Å². The molecule has 37 heavy (non-hydrogen) atoms. The van der Waals surface area contributed by atoms with Gasteiger partial charge in [0.15, 0.2) is 0 Å². The highest BCUT2D eigenvalue weighted by Crippen LogP contribution is 2.40. The largest absolute Gasteiger partial charge is 0.465 e. The fraction of sp³-hybridized carbons (Fsp3) is 0.250. The first-order valence-electron chi connectivity index (χ1n) is 11.7. The number of benzene rings is 3. The maximum absolute atomic E-state index is 14.5. The molecule has 3 aromatic carbocycles. The minimum atomic E-state index is -1.17. The number of ether oxygens (including phenoxy) is 1. The number of nitrogens with zero attached hydrogens (tertiary/aromatic N) is 2. The molecule has 0 saturated heterocycles. The van der Waals surface area contributed by atoms with E-state index < -0.39 is 23.4 Å². The molecule has 0 bridgehead atoms. The van der Waals surface area contributed by atoms with Gasteiger partial charge in [0.1, 0.15) is 23.4 Å². The zero-order valence-electron chi connectivity index (χ0n) is 20.4. The van der Waals surface area contributed by atoms with Gasteiger partial charge in [-0.1, -0.05) is 30.3 Å². The van der Waals surface area contributed by atoms with Crippen LogP contribution < -0.4 is 15.0 Å². The first-order valence-corrected chi connectivity index (χ1v) is 12.6. The van der Waals surface area contributed by atoms with Gasteiger partial charge in [-0.25, -0.2) is 9.18 Å². The van der Waals surface area contributed by atoms with E-state index >= 15 is 0 Å². The number of amides is 2. The van der Waals surface area contributed by atoms with E-state index in [4.69, 9.17) is 4.74 Å². The highest BCUT2D eigenvalue weighted by atomic mass is 32.2. The number of thioether (sulfide) groups is 1. The van der Waals surface area contributed by atoms with Crippen LogP contribution in [-0.2, 0) is 11.3 Å². The van der Waals surface area contributed by atoms with Crippen LogP contribution >= 0.6 is 11.8 Å². The van der Waals surface area contributed by atoms with Crippen molar-refractivity contribution >= 4 is 29.4 Å². The summed E-state index contributed by atoms with van der Waals surface area (Å²) < 4.78 is 20.3. The SMILES string of the molecule is CC(C)(C[C@H]1CSc2cc(F)c(C#N)cc2N(Cc2ccc(Oc3ccccc3)cc2)C1=O)NC(=O)O. The third-order valence-electron chi connectivity index (χ3n) is 5.96. The molecule has 0 unspecified atom stereocenters. The number of anilines is 1. The molecule has 1 heterocycles. The summed E-state index contributed by atoms with van der Waals surface area (Å²) in [6.45, 7) is 3.64. The number of fused-ring (bicyclic) bond motifs is 1. The molecule has 1 aliphatic heterocycles. The third kappa shape index (κ3) is 6.40. The summed E-state index contributed by atoms with van der Waals surface area (Å²) in [6, 6.07) is 21.2. The molecule has 0 saturated carbocycles. The Hall–Kier alpha value is -4.03. The molecule has 4 rings (SSSR count). The summed E-state index contributed by atoms with van der Waals surface area (Å²) in [5, 5.41) is 21.1. The van der Waals surface area contributed by atoms with Gasteiger partial charge in [0, 0.05) is 16.2 Å². The van der Waals surface area contributed by atoms with Crippen LogP contribution in [0.5, 0.6) is 11.5 Å². The van der Waals surface area contributed by atoms with Crippen LogP contribution in [0.15, 0.2) is 71.6 Å². The average molecular weight is 520 g/mol. The zero-order chi connectivity index (χ0) is 26.6. The molecule has 2 amide bonds. The van der Waals surface area contributed by atoms with Crippen molar-refractivity contribution in [1.29, 1.82) is 5.26 Å². The Morgan fingerprint density at radius 1 is 1.19 bits per heavy atom. The normalized spacial score (nSPS) is 15.4. The molecule has 2 N–H and O–H groups in total. The van der Waals surface area contributed by atoms with Crippen LogP contribution in [0.2, 0.25) is 0 Å². The number of nitriles is 1. The molecule has 9 heteroatoms. The van der Waals surface area contributed by atoms with Crippen molar-refractivity contribution in [1.82, 2.24) is 5.32 Å². The van der Waals surface area contributed by atoms with Gasteiger partial charge >= 0.3 is 6.09 Å². The molecule has 0 spiro atoms. The second-order valence-electron chi connectivity index (χ2n) is 9.42. The van der Waals surface area contributed by atoms with Crippen molar-refractivity contribution in [2.45, 2.75) is 37.2 Å². The van der Waals surface area contributed by atoms with E-state index in [9.17, 15) is 24.3 Å². The van der Waals surface area contributed by atoms with Crippen LogP contribution in [-0.4, -0.2) is 28.4 Å². The van der Waals surface area contributed by atoms with Crippen molar-refractivity contribution in [3.05, 3.63) is 83.7 Å². The van der Waals surface area contributed by atoms with Crippen molar-refractivity contribution < 1.29 is 23.8 Å². The molecule has 0 fully saturated rings. The van der Waals surface area contributed by atoms with Gasteiger partial charge in [0.25, 0.3) is 0 Å². The highest BCUT2D eigenvalue weighted by Gasteiger charge is 2.36. The Bertz CT molecular complexity index is 1340. The lowest BCUT2D eigenvalue weighted by Crippen LogP contribution is -2.47. The number of para-hydroxylation sites is 1. The predicted molar refractivity (Wildman–Crippen MR) is 139 cm³/mol. The maximum Gasteiger partial charge on any atom is 0.405 e. The lowest BCUT2D eigenvalue weighted by molar-refractivity contribution is -0.122. The van der Waals surface area contributed by atoms with E-state index in [1.807, 2.05) is 60.7 Å². The molecular formula is C28H26FN3O4S. The number of carbonyl (C=O) groups is 2. The standard InChI is InChI=1S/C28H26FN3O4S/c1-28(2,31-27(34)35)14-20-17-37-25-13-23(29)19(15-30)12-24(25)32(26(20)33)16-18-8-10-22(11-9-18)36-21-6-4-3-5-7-21/h3-13,20,31H,14,16-17H2,1-2H3,(H,34,35)/t20-/m0/s1. The lowest BCUT2D eigenvalue weighted by Gasteiger charge is -2.31. The molecular weight excluding hydrogens is 493 g/mol. The van der Waals surface area contributed by atoms with Crippen LogP contribution in [0.3, 0.4) is 0 Å². The van der Waals surface area contributed by atoms with Crippen molar-refractivity contribution in [2.75, 3.05) is 10.7 Å². The molecule has 0 aliphatic carbocycles. The molecule has 190 valence electrons. The Labute approximate surface area is 218 Å². The van der Waals surface area contributed by atoms with Crippen LogP contribution in [0.4, 0.5) is 14.9 Å². The monoisotopic (exact) mass is 519 g/mol. The Morgan fingerprint density at radius 3 is 2.51 bits per heavy atom. The molecule has 1 aliphatic rings. The van der Waals surface area contributed by atoms with E-state index in [-0.39, 0.29) is 24.4 Å². The van der Waals surface area contributed by atoms with Crippen LogP contribution in [0.25, 0.3) is 0 Å². The zero-order valence-corrected chi connectivity index (χ0v) is 21.2. The molecule has 0 radical (unpaired) electrons. The lowest BCUT2D eigenvalue weighted by atomic mass is 9.90. The molecule has 3 aromatic rings. The topological polar surface area (TPSA) is 103 Å². The van der Waals surface area contributed by atoms with E-state index in [0.29, 0.717) is 27.8 Å². The van der Waals surface area contributed by atoms with Gasteiger partial charge in [0.2, 0.25) is 5.91 Å². The summed E-state index contributed by atoms with van der Waals surface area (Å²) in [6.07, 6.45) is -0.912. The smallest absolute Gasteiger partial charge is 0.405 e. The van der Waals surface area contributed by atoms with E-state index in [1.165, 1.54) is 23.9 Å². The van der Waals surface area contributed by atoms with Crippen LogP contribution in [0.1, 0.15) is 31.4 Å². The van der Waals surface area contributed by atoms with Gasteiger partial charge < -0.3 is 20.1 Å². The summed E-state index contributed by atoms with van der Waals surface area (Å²) in [5.41, 5.74) is 0.282. The Kier molecular flexibility index (Phi) is 7.69.